The van der Waals surface area contributed by atoms with Gasteiger partial charge in [0, 0.05) is 21.6 Å². The van der Waals surface area contributed by atoms with E-state index in [4.69, 9.17) is 10.7 Å². The molecule has 1 heterocycles. The molecule has 3 nitrogen and oxygen atoms in total. The van der Waals surface area contributed by atoms with Crippen molar-refractivity contribution in [3.05, 3.63) is 30.5 Å². The van der Waals surface area contributed by atoms with Gasteiger partial charge in [0.2, 0.25) is 0 Å². The first kappa shape index (κ1) is 18.6. The zero-order chi connectivity index (χ0) is 17.6. The van der Waals surface area contributed by atoms with Gasteiger partial charge in [0.15, 0.2) is 8.24 Å². The molecule has 0 bridgehead atoms. The Hall–Kier alpha value is -0.783. The summed E-state index contributed by atoms with van der Waals surface area (Å²) in [6.45, 7) is 13.9. The molecule has 2 aromatic rings. The third kappa shape index (κ3) is 2.99. The number of nitrogens with zero attached hydrogens (tertiary/aromatic N) is 1. The lowest BCUT2D eigenvalue weighted by Crippen LogP contribution is -2.51. The van der Waals surface area contributed by atoms with Crippen molar-refractivity contribution in [3.63, 3.8) is 0 Å². The Labute approximate surface area is 145 Å². The summed E-state index contributed by atoms with van der Waals surface area (Å²) in [5.41, 5.74) is 2.84. The third-order valence-corrected chi connectivity index (χ3v) is 13.3. The maximum atomic E-state index is 11.6. The molecule has 1 aromatic heterocycles. The SMILES string of the molecule is CC(C)[Si](C(C)C)(C(C)C)n1ccc2cc(S(=O)(=O)Cl)ccc21. The number of fused-ring (bicyclic) bond motifs is 1. The van der Waals surface area contributed by atoms with Gasteiger partial charge in [0.05, 0.1) is 4.90 Å². The second-order valence-corrected chi connectivity index (χ2v) is 15.5. The van der Waals surface area contributed by atoms with Crippen LogP contribution in [0.25, 0.3) is 10.9 Å². The lowest BCUT2D eigenvalue weighted by molar-refractivity contribution is 0.609. The van der Waals surface area contributed by atoms with Crippen molar-refractivity contribution in [1.82, 2.24) is 4.23 Å². The van der Waals surface area contributed by atoms with Crippen molar-refractivity contribution >= 4 is 38.9 Å². The van der Waals surface area contributed by atoms with Crippen LogP contribution in [0, 0.1) is 0 Å². The van der Waals surface area contributed by atoms with Gasteiger partial charge >= 0.3 is 0 Å². The second-order valence-electron chi connectivity index (χ2n) is 7.20. The summed E-state index contributed by atoms with van der Waals surface area (Å²) in [4.78, 5) is 0.162. The van der Waals surface area contributed by atoms with Gasteiger partial charge in [-0.05, 0) is 47.1 Å². The van der Waals surface area contributed by atoms with Gasteiger partial charge in [0.1, 0.15) is 0 Å². The van der Waals surface area contributed by atoms with E-state index in [1.165, 1.54) is 0 Å². The highest BCUT2D eigenvalue weighted by Crippen LogP contribution is 2.44. The minimum atomic E-state index is -3.70. The summed E-state index contributed by atoms with van der Waals surface area (Å²) >= 11 is 0. The Kier molecular flexibility index (Phi) is 5.05. The van der Waals surface area contributed by atoms with E-state index < -0.39 is 17.3 Å². The number of aromatic nitrogens is 1. The molecule has 0 saturated carbocycles. The molecule has 1 aromatic carbocycles. The van der Waals surface area contributed by atoms with Crippen molar-refractivity contribution in [2.24, 2.45) is 0 Å². The predicted octanol–water partition coefficient (Wildman–Crippen LogP) is 5.59. The Morgan fingerprint density at radius 1 is 0.957 bits per heavy atom. The van der Waals surface area contributed by atoms with Crippen molar-refractivity contribution in [1.29, 1.82) is 0 Å². The number of rotatable bonds is 5. The van der Waals surface area contributed by atoms with Crippen LogP contribution >= 0.6 is 10.7 Å². The molecule has 0 aliphatic rings. The Morgan fingerprint density at radius 3 is 1.91 bits per heavy atom. The molecule has 0 aliphatic heterocycles. The average Bonchev–Trinajstić information content (AvgIpc) is 2.80. The summed E-state index contributed by atoms with van der Waals surface area (Å²) in [5.74, 6) is 0. The van der Waals surface area contributed by atoms with Crippen LogP contribution in [0.2, 0.25) is 16.6 Å². The van der Waals surface area contributed by atoms with Crippen LogP contribution < -0.4 is 0 Å². The van der Waals surface area contributed by atoms with Gasteiger partial charge in [-0.3, -0.25) is 0 Å². The van der Waals surface area contributed by atoms with Crippen LogP contribution in [0.5, 0.6) is 0 Å². The van der Waals surface area contributed by atoms with E-state index in [-0.39, 0.29) is 4.90 Å². The molecule has 0 fully saturated rings. The maximum Gasteiger partial charge on any atom is 0.261 e. The number of hydrogen-bond donors (Lipinski definition) is 0. The Morgan fingerprint density at radius 2 is 1.48 bits per heavy atom. The number of halogens is 1. The molecular formula is C17H26ClNO2SSi. The molecule has 6 heteroatoms. The van der Waals surface area contributed by atoms with E-state index in [1.807, 2.05) is 12.1 Å². The molecule has 0 atom stereocenters. The Bertz CT molecular complexity index is 787. The van der Waals surface area contributed by atoms with Gasteiger partial charge < -0.3 is 4.23 Å². The lowest BCUT2D eigenvalue weighted by atomic mass is 10.2. The van der Waals surface area contributed by atoms with E-state index in [2.05, 4.69) is 52.0 Å². The Balaban J connectivity index is 2.76. The third-order valence-electron chi connectivity index (χ3n) is 5.14. The highest BCUT2D eigenvalue weighted by Gasteiger charge is 2.45. The molecule has 0 amide bonds. The lowest BCUT2D eigenvalue weighted by Gasteiger charge is -2.44. The first-order chi connectivity index (χ1) is 10.5. The van der Waals surface area contributed by atoms with Gasteiger partial charge in [-0.2, -0.15) is 0 Å². The van der Waals surface area contributed by atoms with Gasteiger partial charge in [0.25, 0.3) is 9.05 Å². The maximum absolute atomic E-state index is 11.6. The molecule has 0 unspecified atom stereocenters. The smallest absolute Gasteiger partial charge is 0.261 e. The second kappa shape index (κ2) is 6.26. The first-order valence-corrected chi connectivity index (χ1v) is 12.6. The van der Waals surface area contributed by atoms with E-state index in [0.29, 0.717) is 16.6 Å². The molecule has 2 rings (SSSR count). The zero-order valence-electron chi connectivity index (χ0n) is 14.7. The van der Waals surface area contributed by atoms with Gasteiger partial charge in [-0.1, -0.05) is 41.5 Å². The quantitative estimate of drug-likeness (QED) is 0.507. The highest BCUT2D eigenvalue weighted by molar-refractivity contribution is 8.13. The van der Waals surface area contributed by atoms with Crippen molar-refractivity contribution in [2.45, 2.75) is 63.1 Å². The molecular weight excluding hydrogens is 346 g/mol. The summed E-state index contributed by atoms with van der Waals surface area (Å²) in [6, 6.07) is 7.20. The van der Waals surface area contributed by atoms with Gasteiger partial charge in [-0.25, -0.2) is 8.42 Å². The van der Waals surface area contributed by atoms with Crippen LogP contribution in [0.4, 0.5) is 0 Å². The average molecular weight is 372 g/mol. The van der Waals surface area contributed by atoms with Crippen molar-refractivity contribution in [2.75, 3.05) is 0 Å². The van der Waals surface area contributed by atoms with Crippen molar-refractivity contribution in [3.8, 4) is 0 Å². The largest absolute Gasteiger partial charge is 0.373 e. The monoisotopic (exact) mass is 371 g/mol. The summed E-state index contributed by atoms with van der Waals surface area (Å²) < 4.78 is 25.6. The van der Waals surface area contributed by atoms with Crippen molar-refractivity contribution < 1.29 is 8.42 Å². The van der Waals surface area contributed by atoms with Crippen LogP contribution in [-0.4, -0.2) is 20.9 Å². The molecule has 0 N–H and O–H groups in total. The number of hydrogen-bond acceptors (Lipinski definition) is 2. The first-order valence-electron chi connectivity index (χ1n) is 8.09. The highest BCUT2D eigenvalue weighted by atomic mass is 35.7. The predicted molar refractivity (Wildman–Crippen MR) is 101 cm³/mol. The fraction of sp³-hybridized carbons (Fsp3) is 0.529. The fourth-order valence-corrected chi connectivity index (χ4v) is 11.9. The molecule has 0 aliphatic carbocycles. The molecule has 0 radical (unpaired) electrons. The summed E-state index contributed by atoms with van der Waals surface area (Å²) in [7, 11) is -0.0590. The van der Waals surface area contributed by atoms with E-state index >= 15 is 0 Å². The summed E-state index contributed by atoms with van der Waals surface area (Å²) in [6.07, 6.45) is 2.14. The zero-order valence-corrected chi connectivity index (χ0v) is 17.2. The van der Waals surface area contributed by atoms with E-state index in [1.54, 1.807) is 12.1 Å². The standard InChI is InChI=1S/C17H26ClNO2SSi/c1-12(2)23(13(3)4,14(5)6)19-10-9-15-11-16(22(18,20)21)7-8-17(15)19/h7-14H,1-6H3. The van der Waals surface area contributed by atoms with E-state index in [0.717, 1.165) is 10.9 Å². The van der Waals surface area contributed by atoms with Crippen LogP contribution in [0.3, 0.4) is 0 Å². The molecule has 23 heavy (non-hydrogen) atoms. The van der Waals surface area contributed by atoms with E-state index in [9.17, 15) is 8.42 Å². The minimum Gasteiger partial charge on any atom is -0.373 e. The summed E-state index contributed by atoms with van der Waals surface area (Å²) in [5, 5.41) is 0.936. The van der Waals surface area contributed by atoms with Crippen LogP contribution in [-0.2, 0) is 9.05 Å². The minimum absolute atomic E-state index is 0.162. The van der Waals surface area contributed by atoms with Gasteiger partial charge in [-0.15, -0.1) is 0 Å². The van der Waals surface area contributed by atoms with Crippen LogP contribution in [0.15, 0.2) is 35.4 Å². The number of benzene rings is 1. The normalized spacial score (nSPS) is 13.7. The topological polar surface area (TPSA) is 39.1 Å². The molecule has 0 saturated heterocycles. The van der Waals surface area contributed by atoms with Crippen LogP contribution in [0.1, 0.15) is 41.5 Å². The molecule has 0 spiro atoms. The fourth-order valence-electron chi connectivity index (χ4n) is 4.44. The molecule has 128 valence electrons.